The van der Waals surface area contributed by atoms with E-state index in [2.05, 4.69) is 5.32 Å². The van der Waals surface area contributed by atoms with Crippen molar-refractivity contribution in [3.63, 3.8) is 0 Å². The van der Waals surface area contributed by atoms with E-state index in [1.165, 1.54) is 19.3 Å². The number of nitrogens with one attached hydrogen (secondary N) is 1. The van der Waals surface area contributed by atoms with Crippen LogP contribution in [-0.2, 0) is 14.3 Å². The molecule has 0 radical (unpaired) electrons. The number of carbonyl (C=O) groups is 2. The predicted octanol–water partition coefficient (Wildman–Crippen LogP) is 1.32. The molecule has 2 fully saturated rings. The molecule has 5 heteroatoms. The summed E-state index contributed by atoms with van der Waals surface area (Å²) in [5.41, 5.74) is -0.678. The standard InChI is InChI=1S/C13H21NO4/c15-11(5-4-10-2-1-3-10)14-13(8-12(16)17)6-7-18-9-13/h10H,1-9H2,(H,14,15)(H,16,17). The SMILES string of the molecule is O=C(O)CC1(NC(=O)CCC2CCC2)CCOC1. The van der Waals surface area contributed by atoms with Crippen molar-refractivity contribution >= 4 is 11.9 Å². The average Bonchev–Trinajstić information content (AvgIpc) is 2.62. The molecule has 1 atom stereocenters. The molecule has 1 heterocycles. The van der Waals surface area contributed by atoms with Crippen LogP contribution >= 0.6 is 0 Å². The van der Waals surface area contributed by atoms with Gasteiger partial charge in [-0.05, 0) is 18.8 Å². The van der Waals surface area contributed by atoms with Gasteiger partial charge in [-0.2, -0.15) is 0 Å². The third-order valence-corrected chi connectivity index (χ3v) is 4.00. The Morgan fingerprint density at radius 1 is 1.39 bits per heavy atom. The Balaban J connectivity index is 1.79. The second-order valence-corrected chi connectivity index (χ2v) is 5.54. The second-order valence-electron chi connectivity index (χ2n) is 5.54. The molecule has 0 aromatic heterocycles. The first-order chi connectivity index (χ1) is 8.60. The first kappa shape index (κ1) is 13.3. The minimum absolute atomic E-state index is 0.0337. The fourth-order valence-electron chi connectivity index (χ4n) is 2.65. The number of hydrogen-bond acceptors (Lipinski definition) is 3. The lowest BCUT2D eigenvalue weighted by atomic mass is 9.82. The van der Waals surface area contributed by atoms with Gasteiger partial charge in [-0.25, -0.2) is 0 Å². The van der Waals surface area contributed by atoms with Crippen molar-refractivity contribution in [2.24, 2.45) is 5.92 Å². The van der Waals surface area contributed by atoms with Gasteiger partial charge in [-0.15, -0.1) is 0 Å². The summed E-state index contributed by atoms with van der Waals surface area (Å²) in [6.07, 6.45) is 5.72. The summed E-state index contributed by atoms with van der Waals surface area (Å²) in [5.74, 6) is -0.223. The van der Waals surface area contributed by atoms with Crippen LogP contribution in [0.3, 0.4) is 0 Å². The molecule has 5 nitrogen and oxygen atoms in total. The molecule has 1 aliphatic carbocycles. The maximum Gasteiger partial charge on any atom is 0.305 e. The molecule has 0 bridgehead atoms. The summed E-state index contributed by atoms with van der Waals surface area (Å²) < 4.78 is 5.24. The van der Waals surface area contributed by atoms with Crippen molar-refractivity contribution in [1.82, 2.24) is 5.32 Å². The highest BCUT2D eigenvalue weighted by Gasteiger charge is 2.38. The van der Waals surface area contributed by atoms with Crippen LogP contribution in [0.1, 0.15) is 44.9 Å². The van der Waals surface area contributed by atoms with Crippen LogP contribution in [0.4, 0.5) is 0 Å². The molecule has 2 rings (SSSR count). The summed E-state index contributed by atoms with van der Waals surface area (Å²) in [7, 11) is 0. The van der Waals surface area contributed by atoms with Crippen LogP contribution < -0.4 is 5.32 Å². The largest absolute Gasteiger partial charge is 0.481 e. The summed E-state index contributed by atoms with van der Waals surface area (Å²) in [6, 6.07) is 0. The van der Waals surface area contributed by atoms with Crippen molar-refractivity contribution < 1.29 is 19.4 Å². The highest BCUT2D eigenvalue weighted by molar-refractivity contribution is 5.78. The minimum atomic E-state index is -0.889. The van der Waals surface area contributed by atoms with Crippen molar-refractivity contribution in [1.29, 1.82) is 0 Å². The number of carboxylic acids is 1. The zero-order valence-corrected chi connectivity index (χ0v) is 10.6. The van der Waals surface area contributed by atoms with Gasteiger partial charge in [0.15, 0.2) is 0 Å². The highest BCUT2D eigenvalue weighted by atomic mass is 16.5. The molecule has 18 heavy (non-hydrogen) atoms. The first-order valence-electron chi connectivity index (χ1n) is 6.70. The van der Waals surface area contributed by atoms with Crippen molar-refractivity contribution in [2.75, 3.05) is 13.2 Å². The maximum absolute atomic E-state index is 11.9. The number of ether oxygens (including phenoxy) is 1. The Morgan fingerprint density at radius 2 is 2.17 bits per heavy atom. The van der Waals surface area contributed by atoms with Crippen molar-refractivity contribution in [2.45, 2.75) is 50.5 Å². The van der Waals surface area contributed by atoms with E-state index < -0.39 is 11.5 Å². The average molecular weight is 255 g/mol. The molecule has 0 aromatic carbocycles. The van der Waals surface area contributed by atoms with Gasteiger partial charge in [0.1, 0.15) is 0 Å². The lowest BCUT2D eigenvalue weighted by molar-refractivity contribution is -0.139. The molecule has 1 amide bonds. The number of carbonyl (C=O) groups excluding carboxylic acids is 1. The number of hydrogen-bond donors (Lipinski definition) is 2. The Hall–Kier alpha value is -1.10. The summed E-state index contributed by atoms with van der Waals surface area (Å²) in [6.45, 7) is 0.838. The zero-order valence-electron chi connectivity index (χ0n) is 10.6. The van der Waals surface area contributed by atoms with E-state index in [1.54, 1.807) is 0 Å². The molecule has 1 aliphatic heterocycles. The Kier molecular flexibility index (Phi) is 4.22. The Labute approximate surface area is 107 Å². The highest BCUT2D eigenvalue weighted by Crippen LogP contribution is 2.30. The topological polar surface area (TPSA) is 75.6 Å². The lowest BCUT2D eigenvalue weighted by Crippen LogP contribution is -2.50. The molecule has 1 unspecified atom stereocenters. The quantitative estimate of drug-likeness (QED) is 0.750. The molecule has 1 saturated carbocycles. The molecular weight excluding hydrogens is 234 g/mol. The molecule has 0 spiro atoms. The molecule has 2 N–H and O–H groups in total. The van der Waals surface area contributed by atoms with E-state index in [9.17, 15) is 9.59 Å². The van der Waals surface area contributed by atoms with E-state index in [4.69, 9.17) is 9.84 Å². The molecule has 102 valence electrons. The number of amides is 1. The third kappa shape index (κ3) is 3.45. The number of aliphatic carboxylic acids is 1. The number of rotatable bonds is 6. The van der Waals surface area contributed by atoms with Crippen molar-refractivity contribution in [3.8, 4) is 0 Å². The maximum atomic E-state index is 11.9. The van der Waals surface area contributed by atoms with E-state index in [-0.39, 0.29) is 12.3 Å². The van der Waals surface area contributed by atoms with Gasteiger partial charge < -0.3 is 15.2 Å². The van der Waals surface area contributed by atoms with Crippen LogP contribution in [0.2, 0.25) is 0 Å². The molecule has 1 saturated heterocycles. The van der Waals surface area contributed by atoms with Gasteiger partial charge in [0.2, 0.25) is 5.91 Å². The Bertz CT molecular complexity index is 319. The second kappa shape index (κ2) is 5.69. The van der Waals surface area contributed by atoms with E-state index >= 15 is 0 Å². The normalized spacial score (nSPS) is 27.8. The van der Waals surface area contributed by atoms with Gasteiger partial charge in [0.05, 0.1) is 18.6 Å². The molecular formula is C13H21NO4. The van der Waals surface area contributed by atoms with Crippen LogP contribution in [-0.4, -0.2) is 35.7 Å². The zero-order chi connectivity index (χ0) is 13.0. The van der Waals surface area contributed by atoms with Crippen LogP contribution in [0.5, 0.6) is 0 Å². The van der Waals surface area contributed by atoms with E-state index in [1.807, 2.05) is 0 Å². The number of carboxylic acid groups (broad SMARTS) is 1. The van der Waals surface area contributed by atoms with Gasteiger partial charge >= 0.3 is 5.97 Å². The van der Waals surface area contributed by atoms with E-state index in [0.717, 1.165) is 6.42 Å². The van der Waals surface area contributed by atoms with E-state index in [0.29, 0.717) is 32.0 Å². The van der Waals surface area contributed by atoms with Crippen LogP contribution in [0.15, 0.2) is 0 Å². The first-order valence-corrected chi connectivity index (χ1v) is 6.70. The lowest BCUT2D eigenvalue weighted by Gasteiger charge is -2.28. The fraction of sp³-hybridized carbons (Fsp3) is 0.846. The van der Waals surface area contributed by atoms with Crippen LogP contribution in [0, 0.1) is 5.92 Å². The monoisotopic (exact) mass is 255 g/mol. The van der Waals surface area contributed by atoms with Gasteiger partial charge in [0.25, 0.3) is 0 Å². The predicted molar refractivity (Wildman–Crippen MR) is 65.1 cm³/mol. The molecule has 2 aliphatic rings. The third-order valence-electron chi connectivity index (χ3n) is 4.00. The molecule has 0 aromatic rings. The minimum Gasteiger partial charge on any atom is -0.481 e. The summed E-state index contributed by atoms with van der Waals surface area (Å²) in [5, 5.41) is 11.8. The van der Waals surface area contributed by atoms with Crippen LogP contribution in [0.25, 0.3) is 0 Å². The Morgan fingerprint density at radius 3 is 2.67 bits per heavy atom. The van der Waals surface area contributed by atoms with Gasteiger partial charge in [-0.1, -0.05) is 19.3 Å². The van der Waals surface area contributed by atoms with Gasteiger partial charge in [-0.3, -0.25) is 9.59 Å². The summed E-state index contributed by atoms with van der Waals surface area (Å²) >= 11 is 0. The fourth-order valence-corrected chi connectivity index (χ4v) is 2.65. The summed E-state index contributed by atoms with van der Waals surface area (Å²) in [4.78, 5) is 22.7. The van der Waals surface area contributed by atoms with Gasteiger partial charge in [0, 0.05) is 13.0 Å². The van der Waals surface area contributed by atoms with Crippen molar-refractivity contribution in [3.05, 3.63) is 0 Å². The smallest absolute Gasteiger partial charge is 0.305 e.